The molecule has 0 saturated heterocycles. The molecule has 0 radical (unpaired) electrons. The van der Waals surface area contributed by atoms with Gasteiger partial charge < -0.3 is 14.6 Å². The number of hydrogen-bond acceptors (Lipinski definition) is 5. The number of rotatable bonds is 5. The van der Waals surface area contributed by atoms with Crippen LogP contribution in [0.25, 0.3) is 0 Å². The molecule has 2 heterocycles. The highest BCUT2D eigenvalue weighted by atomic mass is 16.6. The minimum Gasteiger partial charge on any atom is -0.467 e. The third-order valence-corrected chi connectivity index (χ3v) is 3.95. The van der Waals surface area contributed by atoms with Gasteiger partial charge in [0.05, 0.1) is 23.8 Å². The van der Waals surface area contributed by atoms with Gasteiger partial charge in [-0.1, -0.05) is 0 Å². The number of carbonyl (C=O) groups is 1. The molecule has 0 saturated carbocycles. The van der Waals surface area contributed by atoms with E-state index >= 15 is 0 Å². The van der Waals surface area contributed by atoms with Crippen molar-refractivity contribution in [1.29, 1.82) is 0 Å². The normalized spacial score (nSPS) is 14.4. The Morgan fingerprint density at radius 2 is 2.30 bits per heavy atom. The second-order valence-corrected chi connectivity index (χ2v) is 5.55. The van der Waals surface area contributed by atoms with Gasteiger partial charge in [0.2, 0.25) is 5.91 Å². The lowest BCUT2D eigenvalue weighted by Gasteiger charge is -2.20. The molecule has 0 fully saturated rings. The third kappa shape index (κ3) is 3.18. The molecule has 1 aliphatic rings. The zero-order valence-electron chi connectivity index (χ0n) is 12.7. The average molecular weight is 315 g/mol. The quantitative estimate of drug-likeness (QED) is 0.676. The molecule has 7 heteroatoms. The molecule has 1 atom stereocenters. The fourth-order valence-corrected chi connectivity index (χ4v) is 2.80. The molecule has 7 nitrogen and oxygen atoms in total. The van der Waals surface area contributed by atoms with Crippen LogP contribution in [-0.4, -0.2) is 23.9 Å². The molecule has 23 heavy (non-hydrogen) atoms. The topological polar surface area (TPSA) is 88.6 Å². The summed E-state index contributed by atoms with van der Waals surface area (Å²) < 4.78 is 5.27. The van der Waals surface area contributed by atoms with Gasteiger partial charge in [-0.2, -0.15) is 0 Å². The van der Waals surface area contributed by atoms with Crippen molar-refractivity contribution in [3.8, 4) is 0 Å². The van der Waals surface area contributed by atoms with Crippen molar-refractivity contribution in [2.45, 2.75) is 19.4 Å². The summed E-state index contributed by atoms with van der Waals surface area (Å²) in [5.74, 6) is 0.593. The first-order valence-corrected chi connectivity index (χ1v) is 7.39. The van der Waals surface area contributed by atoms with Gasteiger partial charge in [0.25, 0.3) is 5.69 Å². The van der Waals surface area contributed by atoms with Crippen molar-refractivity contribution in [3.63, 3.8) is 0 Å². The predicted octanol–water partition coefficient (Wildman–Crippen LogP) is 2.43. The van der Waals surface area contributed by atoms with Crippen molar-refractivity contribution < 1.29 is 14.1 Å². The van der Waals surface area contributed by atoms with E-state index in [9.17, 15) is 14.9 Å². The molecule has 120 valence electrons. The highest BCUT2D eigenvalue weighted by molar-refractivity contribution is 5.82. The number of benzene rings is 1. The first-order valence-electron chi connectivity index (χ1n) is 7.39. The first-order chi connectivity index (χ1) is 11.0. The zero-order valence-corrected chi connectivity index (χ0v) is 12.7. The molecule has 1 aliphatic heterocycles. The van der Waals surface area contributed by atoms with E-state index in [0.717, 1.165) is 11.3 Å². The van der Waals surface area contributed by atoms with Crippen molar-refractivity contribution in [3.05, 3.63) is 58.0 Å². The van der Waals surface area contributed by atoms with Gasteiger partial charge in [0.15, 0.2) is 0 Å². The van der Waals surface area contributed by atoms with Crippen LogP contribution in [0.2, 0.25) is 0 Å². The fraction of sp³-hybridized carbons (Fsp3) is 0.312. The summed E-state index contributed by atoms with van der Waals surface area (Å²) >= 11 is 0. The van der Waals surface area contributed by atoms with Crippen molar-refractivity contribution in [2.24, 2.45) is 0 Å². The molecular weight excluding hydrogens is 298 g/mol. The molecule has 0 unspecified atom stereocenters. The van der Waals surface area contributed by atoms with Crippen LogP contribution in [0.4, 0.5) is 11.4 Å². The number of anilines is 1. The Hall–Kier alpha value is -2.83. The lowest BCUT2D eigenvalue weighted by atomic mass is 10.1. The molecule has 3 rings (SSSR count). The number of hydrogen-bond donors (Lipinski definition) is 1. The van der Waals surface area contributed by atoms with Gasteiger partial charge >= 0.3 is 0 Å². The van der Waals surface area contributed by atoms with Crippen LogP contribution >= 0.6 is 0 Å². The highest BCUT2D eigenvalue weighted by Gasteiger charge is 2.24. The number of nitrogens with zero attached hydrogens (tertiary/aromatic N) is 2. The Kier molecular flexibility index (Phi) is 4.01. The molecule has 0 bridgehead atoms. The van der Waals surface area contributed by atoms with E-state index in [4.69, 9.17) is 4.42 Å². The van der Waals surface area contributed by atoms with Crippen molar-refractivity contribution >= 4 is 17.3 Å². The predicted molar refractivity (Wildman–Crippen MR) is 84.3 cm³/mol. The van der Waals surface area contributed by atoms with Gasteiger partial charge in [-0.05, 0) is 37.1 Å². The van der Waals surface area contributed by atoms with E-state index in [1.54, 1.807) is 24.5 Å². The van der Waals surface area contributed by atoms with Crippen LogP contribution in [-0.2, 0) is 11.2 Å². The second kappa shape index (κ2) is 6.12. The lowest BCUT2D eigenvalue weighted by molar-refractivity contribution is -0.384. The van der Waals surface area contributed by atoms with E-state index in [1.165, 1.54) is 6.07 Å². The maximum absolute atomic E-state index is 12.2. The Labute approximate surface area is 133 Å². The van der Waals surface area contributed by atoms with Gasteiger partial charge in [0.1, 0.15) is 5.76 Å². The molecule has 0 spiro atoms. The van der Waals surface area contributed by atoms with Gasteiger partial charge in [0, 0.05) is 24.4 Å². The van der Waals surface area contributed by atoms with E-state index in [1.807, 2.05) is 17.9 Å². The maximum atomic E-state index is 12.2. The summed E-state index contributed by atoms with van der Waals surface area (Å²) in [5, 5.41) is 13.7. The fourth-order valence-electron chi connectivity index (χ4n) is 2.80. The smallest absolute Gasteiger partial charge is 0.269 e. The lowest BCUT2D eigenvalue weighted by Crippen LogP contribution is -2.37. The number of nitro benzene ring substituents is 1. The molecular formula is C16H17N3O4. The standard InChI is InChI=1S/C16H17N3O4/c1-11(15-3-2-8-23-15)17-16(20)10-18-7-6-12-9-13(19(21)22)4-5-14(12)18/h2-5,8-9,11H,6-7,10H2,1H3,(H,17,20)/t11-/m0/s1. The van der Waals surface area contributed by atoms with Gasteiger partial charge in [-0.25, -0.2) is 0 Å². The van der Waals surface area contributed by atoms with Crippen LogP contribution in [0.5, 0.6) is 0 Å². The van der Waals surface area contributed by atoms with Crippen LogP contribution in [0.15, 0.2) is 41.0 Å². The van der Waals surface area contributed by atoms with Gasteiger partial charge in [-0.15, -0.1) is 0 Å². The highest BCUT2D eigenvalue weighted by Crippen LogP contribution is 2.30. The van der Waals surface area contributed by atoms with E-state index in [-0.39, 0.29) is 24.2 Å². The molecule has 1 amide bonds. The molecule has 1 aromatic carbocycles. The summed E-state index contributed by atoms with van der Waals surface area (Å²) in [6, 6.07) is 8.16. The average Bonchev–Trinajstić information content (AvgIpc) is 3.16. The Morgan fingerprint density at radius 1 is 1.48 bits per heavy atom. The van der Waals surface area contributed by atoms with Crippen molar-refractivity contribution in [2.75, 3.05) is 18.0 Å². The van der Waals surface area contributed by atoms with Crippen LogP contribution in [0.1, 0.15) is 24.3 Å². The number of nitrogens with one attached hydrogen (secondary N) is 1. The summed E-state index contributed by atoms with van der Waals surface area (Å²) in [4.78, 5) is 24.5. The largest absolute Gasteiger partial charge is 0.467 e. The monoisotopic (exact) mass is 315 g/mol. The summed E-state index contributed by atoms with van der Waals surface area (Å²) in [6.07, 6.45) is 2.28. The first kappa shape index (κ1) is 15.1. The number of amides is 1. The summed E-state index contributed by atoms with van der Waals surface area (Å²) in [7, 11) is 0. The Bertz CT molecular complexity index is 727. The van der Waals surface area contributed by atoms with Crippen LogP contribution in [0, 0.1) is 10.1 Å². The minimum atomic E-state index is -0.402. The number of furan rings is 1. The second-order valence-electron chi connectivity index (χ2n) is 5.55. The number of carbonyl (C=O) groups excluding carboxylic acids is 1. The molecule has 1 aromatic heterocycles. The van der Waals surface area contributed by atoms with E-state index in [2.05, 4.69) is 5.32 Å². The molecule has 2 aromatic rings. The van der Waals surface area contributed by atoms with Crippen LogP contribution in [0.3, 0.4) is 0 Å². The zero-order chi connectivity index (χ0) is 16.4. The van der Waals surface area contributed by atoms with E-state index in [0.29, 0.717) is 18.7 Å². The Morgan fingerprint density at radius 3 is 3.00 bits per heavy atom. The maximum Gasteiger partial charge on any atom is 0.269 e. The Balaban J connectivity index is 1.64. The summed E-state index contributed by atoms with van der Waals surface area (Å²) in [6.45, 7) is 2.76. The molecule has 0 aliphatic carbocycles. The number of fused-ring (bicyclic) bond motifs is 1. The number of non-ortho nitro benzene ring substituents is 1. The third-order valence-electron chi connectivity index (χ3n) is 3.95. The SMILES string of the molecule is C[C@H](NC(=O)CN1CCc2cc([N+](=O)[O-])ccc21)c1ccco1. The minimum absolute atomic E-state index is 0.0847. The number of nitro groups is 1. The van der Waals surface area contributed by atoms with Crippen LogP contribution < -0.4 is 10.2 Å². The molecule has 1 N–H and O–H groups in total. The summed E-state index contributed by atoms with van der Waals surface area (Å²) in [5.41, 5.74) is 1.88. The van der Waals surface area contributed by atoms with Crippen molar-refractivity contribution in [1.82, 2.24) is 5.32 Å². The van der Waals surface area contributed by atoms with E-state index < -0.39 is 4.92 Å². The van der Waals surface area contributed by atoms with Gasteiger partial charge in [-0.3, -0.25) is 14.9 Å².